The molecule has 0 spiro atoms. The maximum atomic E-state index is 8.92. The molecule has 0 radical (unpaired) electrons. The summed E-state index contributed by atoms with van der Waals surface area (Å²) in [6.07, 6.45) is 1.93. The van der Waals surface area contributed by atoms with Crippen LogP contribution in [0.25, 0.3) is 0 Å². The largest absolute Gasteiger partial charge is 0.328 e. The monoisotopic (exact) mass is 206 g/mol. The summed E-state index contributed by atoms with van der Waals surface area (Å²) in [6.45, 7) is 0. The van der Waals surface area contributed by atoms with Crippen molar-refractivity contribution < 1.29 is 0 Å². The summed E-state index contributed by atoms with van der Waals surface area (Å²) in [5.41, 5.74) is 7.51. The Labute approximate surface area is 88.3 Å². The number of hydrogen-bond acceptors (Lipinski definition) is 2. The molecule has 0 bridgehead atoms. The van der Waals surface area contributed by atoms with Crippen molar-refractivity contribution in [3.05, 3.63) is 34.3 Å². The molecule has 1 aromatic carbocycles. The number of nitriles is 1. The predicted octanol–water partition coefficient (Wildman–Crippen LogP) is 2.42. The van der Waals surface area contributed by atoms with Crippen molar-refractivity contribution in [2.24, 2.45) is 5.73 Å². The van der Waals surface area contributed by atoms with Crippen molar-refractivity contribution in [1.29, 1.82) is 5.26 Å². The lowest BCUT2D eigenvalue weighted by Crippen LogP contribution is -2.35. The van der Waals surface area contributed by atoms with Gasteiger partial charge >= 0.3 is 0 Å². The van der Waals surface area contributed by atoms with E-state index in [0.717, 1.165) is 24.0 Å². The minimum absolute atomic E-state index is 0.297. The van der Waals surface area contributed by atoms with E-state index in [1.165, 1.54) is 0 Å². The zero-order valence-corrected chi connectivity index (χ0v) is 8.46. The third kappa shape index (κ3) is 1.61. The first-order chi connectivity index (χ1) is 6.70. The number of nitrogens with two attached hydrogens (primary N) is 1. The van der Waals surface area contributed by atoms with Crippen LogP contribution in [0.2, 0.25) is 5.02 Å². The summed E-state index contributed by atoms with van der Waals surface area (Å²) in [5, 5.41) is 9.61. The topological polar surface area (TPSA) is 49.8 Å². The Hall–Kier alpha value is -1.04. The summed E-state index contributed by atoms with van der Waals surface area (Å²) in [7, 11) is 0. The average molecular weight is 207 g/mol. The SMILES string of the molecule is N#Cc1ccc(Cl)cc1C1CC(N)C1. The number of nitrogens with zero attached hydrogens (tertiary/aromatic N) is 1. The molecular formula is C11H11ClN2. The highest BCUT2D eigenvalue weighted by atomic mass is 35.5. The van der Waals surface area contributed by atoms with E-state index >= 15 is 0 Å². The number of halogens is 1. The van der Waals surface area contributed by atoms with E-state index in [9.17, 15) is 0 Å². The maximum Gasteiger partial charge on any atom is 0.0994 e. The van der Waals surface area contributed by atoms with E-state index in [1.807, 2.05) is 6.07 Å². The molecule has 2 rings (SSSR count). The summed E-state index contributed by atoms with van der Waals surface area (Å²) in [6, 6.07) is 7.90. The summed E-state index contributed by atoms with van der Waals surface area (Å²) < 4.78 is 0. The van der Waals surface area contributed by atoms with E-state index in [-0.39, 0.29) is 0 Å². The molecule has 0 atom stereocenters. The first-order valence-corrected chi connectivity index (χ1v) is 5.03. The smallest absolute Gasteiger partial charge is 0.0994 e. The molecule has 0 aromatic heterocycles. The van der Waals surface area contributed by atoms with Crippen LogP contribution < -0.4 is 5.73 Å². The highest BCUT2D eigenvalue weighted by Crippen LogP contribution is 2.38. The lowest BCUT2D eigenvalue weighted by atomic mass is 9.75. The molecule has 1 saturated carbocycles. The Kier molecular flexibility index (Phi) is 2.45. The molecule has 1 aliphatic carbocycles. The van der Waals surface area contributed by atoms with E-state index < -0.39 is 0 Å². The molecular weight excluding hydrogens is 196 g/mol. The fourth-order valence-corrected chi connectivity index (χ4v) is 2.07. The molecule has 1 aromatic rings. The summed E-state index contributed by atoms with van der Waals surface area (Å²) in [4.78, 5) is 0. The molecule has 14 heavy (non-hydrogen) atoms. The predicted molar refractivity (Wildman–Crippen MR) is 56.1 cm³/mol. The molecule has 0 heterocycles. The van der Waals surface area contributed by atoms with Gasteiger partial charge in [0.2, 0.25) is 0 Å². The molecule has 0 unspecified atom stereocenters. The normalized spacial score (nSPS) is 25.2. The maximum absolute atomic E-state index is 8.92. The second-order valence-electron chi connectivity index (χ2n) is 3.77. The van der Waals surface area contributed by atoms with Crippen LogP contribution in [0.3, 0.4) is 0 Å². The third-order valence-corrected chi connectivity index (χ3v) is 2.98. The van der Waals surface area contributed by atoms with Crippen molar-refractivity contribution in [1.82, 2.24) is 0 Å². The highest BCUT2D eigenvalue weighted by molar-refractivity contribution is 6.30. The number of benzene rings is 1. The minimum atomic E-state index is 0.297. The van der Waals surface area contributed by atoms with E-state index in [1.54, 1.807) is 12.1 Å². The van der Waals surface area contributed by atoms with Gasteiger partial charge in [-0.05, 0) is 42.5 Å². The van der Waals surface area contributed by atoms with E-state index in [0.29, 0.717) is 17.0 Å². The first-order valence-electron chi connectivity index (χ1n) is 4.66. The fraction of sp³-hybridized carbons (Fsp3) is 0.364. The Balaban J connectivity index is 2.32. The standard InChI is InChI=1S/C11H11ClN2/c12-9-2-1-7(6-13)11(5-9)8-3-10(14)4-8/h1-2,5,8,10H,3-4,14H2. The highest BCUT2D eigenvalue weighted by Gasteiger charge is 2.29. The quantitative estimate of drug-likeness (QED) is 0.767. The molecule has 1 fully saturated rings. The fourth-order valence-electron chi connectivity index (χ4n) is 1.89. The Morgan fingerprint density at radius 1 is 1.43 bits per heavy atom. The van der Waals surface area contributed by atoms with Gasteiger partial charge in [-0.1, -0.05) is 11.6 Å². The Morgan fingerprint density at radius 2 is 2.14 bits per heavy atom. The zero-order valence-electron chi connectivity index (χ0n) is 7.70. The summed E-state index contributed by atoms with van der Waals surface area (Å²) >= 11 is 5.89. The number of hydrogen-bond donors (Lipinski definition) is 1. The van der Waals surface area contributed by atoms with Gasteiger partial charge in [-0.15, -0.1) is 0 Å². The molecule has 2 nitrogen and oxygen atoms in total. The Morgan fingerprint density at radius 3 is 2.71 bits per heavy atom. The van der Waals surface area contributed by atoms with Gasteiger partial charge in [-0.2, -0.15) is 5.26 Å². The molecule has 0 aliphatic heterocycles. The average Bonchev–Trinajstić information content (AvgIpc) is 2.13. The van der Waals surface area contributed by atoms with Crippen LogP contribution in [0.4, 0.5) is 0 Å². The molecule has 1 aliphatic rings. The van der Waals surface area contributed by atoms with Crippen molar-refractivity contribution in [3.63, 3.8) is 0 Å². The van der Waals surface area contributed by atoms with Crippen molar-refractivity contribution in [2.45, 2.75) is 24.8 Å². The zero-order chi connectivity index (χ0) is 10.1. The van der Waals surface area contributed by atoms with Crippen LogP contribution in [0.1, 0.15) is 29.9 Å². The molecule has 0 amide bonds. The summed E-state index contributed by atoms with van der Waals surface area (Å²) in [5.74, 6) is 0.429. The van der Waals surface area contributed by atoms with Gasteiger partial charge in [0.05, 0.1) is 11.6 Å². The third-order valence-electron chi connectivity index (χ3n) is 2.75. The van der Waals surface area contributed by atoms with Gasteiger partial charge < -0.3 is 5.73 Å². The van der Waals surface area contributed by atoms with Crippen LogP contribution in [0.15, 0.2) is 18.2 Å². The van der Waals surface area contributed by atoms with Crippen LogP contribution in [-0.4, -0.2) is 6.04 Å². The molecule has 72 valence electrons. The first kappa shape index (κ1) is 9.51. The number of rotatable bonds is 1. The second-order valence-corrected chi connectivity index (χ2v) is 4.21. The lowest BCUT2D eigenvalue weighted by Gasteiger charge is -2.33. The van der Waals surface area contributed by atoms with Gasteiger partial charge in [0.15, 0.2) is 0 Å². The van der Waals surface area contributed by atoms with Gasteiger partial charge in [-0.25, -0.2) is 0 Å². The van der Waals surface area contributed by atoms with Crippen molar-refractivity contribution in [3.8, 4) is 6.07 Å². The van der Waals surface area contributed by atoms with Gasteiger partial charge in [-0.3, -0.25) is 0 Å². The second kappa shape index (κ2) is 3.61. The van der Waals surface area contributed by atoms with Crippen LogP contribution in [-0.2, 0) is 0 Å². The van der Waals surface area contributed by atoms with Crippen LogP contribution in [0, 0.1) is 11.3 Å². The van der Waals surface area contributed by atoms with Crippen LogP contribution >= 0.6 is 11.6 Å². The molecule has 2 N–H and O–H groups in total. The van der Waals surface area contributed by atoms with Gasteiger partial charge in [0.25, 0.3) is 0 Å². The van der Waals surface area contributed by atoms with Gasteiger partial charge in [0.1, 0.15) is 0 Å². The van der Waals surface area contributed by atoms with Gasteiger partial charge in [0, 0.05) is 11.1 Å². The lowest BCUT2D eigenvalue weighted by molar-refractivity contribution is 0.351. The van der Waals surface area contributed by atoms with Crippen LogP contribution in [0.5, 0.6) is 0 Å². The molecule has 3 heteroatoms. The van der Waals surface area contributed by atoms with Crippen molar-refractivity contribution >= 4 is 11.6 Å². The van der Waals surface area contributed by atoms with E-state index in [2.05, 4.69) is 6.07 Å². The van der Waals surface area contributed by atoms with Crippen molar-refractivity contribution in [2.75, 3.05) is 0 Å². The molecule has 0 saturated heterocycles. The Bertz CT molecular complexity index is 389. The minimum Gasteiger partial charge on any atom is -0.328 e. The van der Waals surface area contributed by atoms with E-state index in [4.69, 9.17) is 22.6 Å².